The molecule has 0 spiro atoms. The van der Waals surface area contributed by atoms with Gasteiger partial charge in [-0.3, -0.25) is 0 Å². The van der Waals surface area contributed by atoms with E-state index in [9.17, 15) is 0 Å². The standard InChI is InChI=1S/C16H32N2/c1-2-7-16-10-5-6-11-18(16)13-15-9-4-3-8-14(15)12-17/h14-16H,2-13,17H2,1H3. The van der Waals surface area contributed by atoms with Gasteiger partial charge in [0.15, 0.2) is 0 Å². The molecule has 1 aliphatic heterocycles. The fourth-order valence-corrected chi connectivity index (χ4v) is 4.10. The van der Waals surface area contributed by atoms with E-state index in [1.807, 2.05) is 0 Å². The normalized spacial score (nSPS) is 34.7. The largest absolute Gasteiger partial charge is 0.330 e. The number of hydrogen-bond acceptors (Lipinski definition) is 2. The van der Waals surface area contributed by atoms with Crippen LogP contribution >= 0.6 is 0 Å². The number of nitrogens with two attached hydrogens (primary N) is 1. The van der Waals surface area contributed by atoms with Gasteiger partial charge in [-0.15, -0.1) is 0 Å². The molecule has 3 unspecified atom stereocenters. The van der Waals surface area contributed by atoms with Crippen molar-refractivity contribution in [2.75, 3.05) is 19.6 Å². The molecule has 2 rings (SSSR count). The lowest BCUT2D eigenvalue weighted by Crippen LogP contribution is -2.45. The van der Waals surface area contributed by atoms with Crippen molar-refractivity contribution in [2.24, 2.45) is 17.6 Å². The molecule has 0 aromatic heterocycles. The van der Waals surface area contributed by atoms with E-state index in [1.54, 1.807) is 0 Å². The Bertz CT molecular complexity index is 227. The monoisotopic (exact) mass is 252 g/mol. The summed E-state index contributed by atoms with van der Waals surface area (Å²) >= 11 is 0. The molecular formula is C16H32N2. The third-order valence-electron chi connectivity index (χ3n) is 5.21. The summed E-state index contributed by atoms with van der Waals surface area (Å²) in [7, 11) is 0. The third kappa shape index (κ3) is 3.71. The molecule has 1 aliphatic carbocycles. The highest BCUT2D eigenvalue weighted by Gasteiger charge is 2.29. The van der Waals surface area contributed by atoms with Crippen molar-refractivity contribution < 1.29 is 0 Å². The maximum atomic E-state index is 5.97. The summed E-state index contributed by atoms with van der Waals surface area (Å²) in [5.74, 6) is 1.70. The number of likely N-dealkylation sites (tertiary alicyclic amines) is 1. The second-order valence-corrected chi connectivity index (χ2v) is 6.47. The lowest BCUT2D eigenvalue weighted by molar-refractivity contribution is 0.0864. The molecule has 1 heterocycles. The molecule has 2 heteroatoms. The molecule has 106 valence electrons. The first-order valence-electron chi connectivity index (χ1n) is 8.29. The number of rotatable bonds is 5. The summed E-state index contributed by atoms with van der Waals surface area (Å²) in [6, 6.07) is 0.879. The Kier molecular flexibility index (Phi) is 5.97. The zero-order valence-electron chi connectivity index (χ0n) is 12.2. The van der Waals surface area contributed by atoms with E-state index in [4.69, 9.17) is 5.73 Å². The Labute approximate surface area is 113 Å². The summed E-state index contributed by atoms with van der Waals surface area (Å²) < 4.78 is 0. The predicted octanol–water partition coefficient (Wildman–Crippen LogP) is 3.41. The Morgan fingerprint density at radius 2 is 1.72 bits per heavy atom. The first-order chi connectivity index (χ1) is 8.85. The minimum Gasteiger partial charge on any atom is -0.330 e. The molecular weight excluding hydrogens is 220 g/mol. The molecule has 0 radical (unpaired) electrons. The van der Waals surface area contributed by atoms with Crippen LogP contribution in [0.15, 0.2) is 0 Å². The molecule has 2 nitrogen and oxygen atoms in total. The van der Waals surface area contributed by atoms with Crippen molar-refractivity contribution in [1.82, 2.24) is 4.90 Å². The molecule has 2 fully saturated rings. The first kappa shape index (κ1) is 14.3. The molecule has 0 aromatic rings. The van der Waals surface area contributed by atoms with E-state index in [1.165, 1.54) is 70.9 Å². The fraction of sp³-hybridized carbons (Fsp3) is 1.00. The molecule has 0 amide bonds. The van der Waals surface area contributed by atoms with Crippen LogP contribution in [0.1, 0.15) is 64.7 Å². The second kappa shape index (κ2) is 7.49. The van der Waals surface area contributed by atoms with E-state index in [-0.39, 0.29) is 0 Å². The molecule has 3 atom stereocenters. The Hall–Kier alpha value is -0.0800. The van der Waals surface area contributed by atoms with Gasteiger partial charge in [-0.25, -0.2) is 0 Å². The van der Waals surface area contributed by atoms with E-state index in [2.05, 4.69) is 11.8 Å². The first-order valence-corrected chi connectivity index (χ1v) is 8.29. The van der Waals surface area contributed by atoms with Gasteiger partial charge < -0.3 is 10.6 Å². The van der Waals surface area contributed by atoms with Gasteiger partial charge in [0.05, 0.1) is 0 Å². The van der Waals surface area contributed by atoms with E-state index in [0.717, 1.165) is 24.4 Å². The average molecular weight is 252 g/mol. The second-order valence-electron chi connectivity index (χ2n) is 6.47. The van der Waals surface area contributed by atoms with E-state index >= 15 is 0 Å². The van der Waals surface area contributed by atoms with Gasteiger partial charge in [0.2, 0.25) is 0 Å². The van der Waals surface area contributed by atoms with Crippen LogP contribution < -0.4 is 5.73 Å². The van der Waals surface area contributed by atoms with Gasteiger partial charge in [0, 0.05) is 12.6 Å². The van der Waals surface area contributed by atoms with Gasteiger partial charge in [0.25, 0.3) is 0 Å². The maximum absolute atomic E-state index is 5.97. The van der Waals surface area contributed by atoms with Crippen LogP contribution in [0, 0.1) is 11.8 Å². The van der Waals surface area contributed by atoms with Gasteiger partial charge in [-0.1, -0.05) is 32.6 Å². The molecule has 1 saturated carbocycles. The quantitative estimate of drug-likeness (QED) is 0.812. The van der Waals surface area contributed by atoms with Crippen molar-refractivity contribution >= 4 is 0 Å². The van der Waals surface area contributed by atoms with Crippen LogP contribution in [0.25, 0.3) is 0 Å². The minimum atomic E-state index is 0.808. The van der Waals surface area contributed by atoms with Crippen LogP contribution in [0.2, 0.25) is 0 Å². The van der Waals surface area contributed by atoms with Crippen molar-refractivity contribution in [3.05, 3.63) is 0 Å². The summed E-state index contributed by atoms with van der Waals surface area (Å²) in [5, 5.41) is 0. The van der Waals surface area contributed by atoms with E-state index in [0.29, 0.717) is 0 Å². The topological polar surface area (TPSA) is 29.3 Å². The van der Waals surface area contributed by atoms with Gasteiger partial charge in [-0.05, 0) is 57.0 Å². The highest BCUT2D eigenvalue weighted by atomic mass is 15.2. The molecule has 2 N–H and O–H groups in total. The minimum absolute atomic E-state index is 0.808. The van der Waals surface area contributed by atoms with Crippen molar-refractivity contribution in [3.8, 4) is 0 Å². The zero-order valence-corrected chi connectivity index (χ0v) is 12.2. The zero-order chi connectivity index (χ0) is 12.8. The summed E-state index contributed by atoms with van der Waals surface area (Å²) in [5.41, 5.74) is 5.97. The Morgan fingerprint density at radius 1 is 1.00 bits per heavy atom. The molecule has 0 aromatic carbocycles. The SMILES string of the molecule is CCCC1CCCCN1CC1CCCCC1CN. The van der Waals surface area contributed by atoms with Crippen LogP contribution in [0.3, 0.4) is 0 Å². The molecule has 18 heavy (non-hydrogen) atoms. The van der Waals surface area contributed by atoms with Crippen LogP contribution in [-0.4, -0.2) is 30.6 Å². The summed E-state index contributed by atoms with van der Waals surface area (Å²) in [4.78, 5) is 2.81. The third-order valence-corrected chi connectivity index (χ3v) is 5.21. The van der Waals surface area contributed by atoms with Crippen molar-refractivity contribution in [2.45, 2.75) is 70.8 Å². The van der Waals surface area contributed by atoms with Crippen molar-refractivity contribution in [3.63, 3.8) is 0 Å². The highest BCUT2D eigenvalue weighted by molar-refractivity contribution is 4.83. The highest BCUT2D eigenvalue weighted by Crippen LogP contribution is 2.32. The average Bonchev–Trinajstić information content (AvgIpc) is 2.42. The molecule has 1 saturated heterocycles. The van der Waals surface area contributed by atoms with E-state index < -0.39 is 0 Å². The predicted molar refractivity (Wildman–Crippen MR) is 78.6 cm³/mol. The summed E-state index contributed by atoms with van der Waals surface area (Å²) in [6.07, 6.45) is 12.7. The lowest BCUT2D eigenvalue weighted by atomic mass is 9.78. The molecule has 2 aliphatic rings. The smallest absolute Gasteiger partial charge is 0.00952 e. The number of hydrogen-bond donors (Lipinski definition) is 1. The Morgan fingerprint density at radius 3 is 2.44 bits per heavy atom. The Balaban J connectivity index is 1.88. The fourth-order valence-electron chi connectivity index (χ4n) is 4.10. The molecule has 0 bridgehead atoms. The van der Waals surface area contributed by atoms with Crippen molar-refractivity contribution in [1.29, 1.82) is 0 Å². The van der Waals surface area contributed by atoms with Gasteiger partial charge >= 0.3 is 0 Å². The lowest BCUT2D eigenvalue weighted by Gasteiger charge is -2.41. The van der Waals surface area contributed by atoms with Crippen LogP contribution in [0.4, 0.5) is 0 Å². The van der Waals surface area contributed by atoms with Gasteiger partial charge in [-0.2, -0.15) is 0 Å². The maximum Gasteiger partial charge on any atom is 0.00952 e. The van der Waals surface area contributed by atoms with Gasteiger partial charge in [0.1, 0.15) is 0 Å². The summed E-state index contributed by atoms with van der Waals surface area (Å²) in [6.45, 7) is 5.93. The number of nitrogens with zero attached hydrogens (tertiary/aromatic N) is 1. The van der Waals surface area contributed by atoms with Crippen LogP contribution in [-0.2, 0) is 0 Å². The number of piperidine rings is 1. The van der Waals surface area contributed by atoms with Crippen LogP contribution in [0.5, 0.6) is 0 Å².